The second-order valence-corrected chi connectivity index (χ2v) is 5.90. The number of hydrogen-bond donors (Lipinski definition) is 1. The Kier molecular flexibility index (Phi) is 9.21. The highest BCUT2D eigenvalue weighted by molar-refractivity contribution is 5.98. The molecule has 0 aromatic rings. The molecule has 0 radical (unpaired) electrons. The van der Waals surface area contributed by atoms with E-state index in [1.807, 2.05) is 20.8 Å². The summed E-state index contributed by atoms with van der Waals surface area (Å²) in [7, 11) is 1.68. The number of hydrogen-bond acceptors (Lipinski definition) is 4. The van der Waals surface area contributed by atoms with Crippen LogP contribution in [0.25, 0.3) is 0 Å². The normalized spacial score (nSPS) is 12.8. The summed E-state index contributed by atoms with van der Waals surface area (Å²) < 4.78 is 9.96. The van der Waals surface area contributed by atoms with E-state index < -0.39 is 17.3 Å². The summed E-state index contributed by atoms with van der Waals surface area (Å²) in [6.07, 6.45) is 2.86. The largest absolute Gasteiger partial charge is 0.465 e. The van der Waals surface area contributed by atoms with Crippen LogP contribution in [0.2, 0.25) is 0 Å². The molecule has 1 amide bonds. The fourth-order valence-corrected chi connectivity index (χ4v) is 1.94. The van der Waals surface area contributed by atoms with E-state index >= 15 is 0 Å². The summed E-state index contributed by atoms with van der Waals surface area (Å²) in [6.45, 7) is 8.95. The minimum atomic E-state index is -0.763. The van der Waals surface area contributed by atoms with Gasteiger partial charge < -0.3 is 14.8 Å². The first kappa shape index (κ1) is 18.9. The Bertz CT molecular complexity index is 297. The smallest absolute Gasteiger partial charge is 0.319 e. The minimum Gasteiger partial charge on any atom is -0.465 e. The minimum absolute atomic E-state index is 0.248. The second kappa shape index (κ2) is 9.75. The summed E-state index contributed by atoms with van der Waals surface area (Å²) in [4.78, 5) is 24.1. The average molecular weight is 287 g/mol. The molecule has 5 heteroatoms. The van der Waals surface area contributed by atoms with Crippen LogP contribution in [0, 0.1) is 11.3 Å². The molecule has 0 spiro atoms. The van der Waals surface area contributed by atoms with Gasteiger partial charge >= 0.3 is 5.97 Å². The Labute approximate surface area is 122 Å². The van der Waals surface area contributed by atoms with Crippen molar-refractivity contribution in [2.75, 3.05) is 26.9 Å². The van der Waals surface area contributed by atoms with Gasteiger partial charge in [0.25, 0.3) is 0 Å². The molecule has 20 heavy (non-hydrogen) atoms. The van der Waals surface area contributed by atoms with Crippen LogP contribution in [0.4, 0.5) is 0 Å². The number of carbonyl (C=O) groups is 2. The summed E-state index contributed by atoms with van der Waals surface area (Å²) in [5.41, 5.74) is -0.452. The van der Waals surface area contributed by atoms with Crippen molar-refractivity contribution in [1.82, 2.24) is 5.32 Å². The van der Waals surface area contributed by atoms with Crippen molar-refractivity contribution in [3.63, 3.8) is 0 Å². The Morgan fingerprint density at radius 1 is 1.15 bits per heavy atom. The van der Waals surface area contributed by atoms with Crippen LogP contribution in [0.5, 0.6) is 0 Å². The van der Waals surface area contributed by atoms with Crippen molar-refractivity contribution < 1.29 is 19.1 Å². The molecule has 0 saturated heterocycles. The molecule has 0 rings (SSSR count). The summed E-state index contributed by atoms with van der Waals surface area (Å²) >= 11 is 0. The molecule has 0 heterocycles. The van der Waals surface area contributed by atoms with Gasteiger partial charge in [-0.25, -0.2) is 0 Å². The zero-order valence-electron chi connectivity index (χ0n) is 13.5. The number of amides is 1. The van der Waals surface area contributed by atoms with Gasteiger partial charge in [0, 0.05) is 20.3 Å². The predicted octanol–water partition coefficient (Wildman–Crippen LogP) is 2.14. The lowest BCUT2D eigenvalue weighted by atomic mass is 9.80. The van der Waals surface area contributed by atoms with Crippen molar-refractivity contribution in [1.29, 1.82) is 0 Å². The molecule has 0 aromatic carbocycles. The standard InChI is InChI=1S/C15H29NO4/c1-6-20-14(18)12(15(2,3)4)13(17)16-10-8-7-9-11-19-5/h12H,6-11H2,1-5H3,(H,16,17). The zero-order valence-corrected chi connectivity index (χ0v) is 13.5. The van der Waals surface area contributed by atoms with E-state index in [4.69, 9.17) is 9.47 Å². The van der Waals surface area contributed by atoms with Crippen LogP contribution >= 0.6 is 0 Å². The molecule has 0 aliphatic rings. The first-order chi connectivity index (χ1) is 9.34. The van der Waals surface area contributed by atoms with Crippen LogP contribution in [0.1, 0.15) is 47.0 Å². The quantitative estimate of drug-likeness (QED) is 0.401. The highest BCUT2D eigenvalue weighted by Gasteiger charge is 2.38. The molecule has 1 unspecified atom stereocenters. The molecule has 5 nitrogen and oxygen atoms in total. The van der Waals surface area contributed by atoms with E-state index in [9.17, 15) is 9.59 Å². The number of esters is 1. The number of carbonyl (C=O) groups excluding carboxylic acids is 2. The van der Waals surface area contributed by atoms with Crippen molar-refractivity contribution in [2.24, 2.45) is 11.3 Å². The average Bonchev–Trinajstić information content (AvgIpc) is 2.32. The van der Waals surface area contributed by atoms with Crippen LogP contribution in [0.15, 0.2) is 0 Å². The lowest BCUT2D eigenvalue weighted by Crippen LogP contribution is -2.43. The van der Waals surface area contributed by atoms with E-state index in [2.05, 4.69) is 5.32 Å². The van der Waals surface area contributed by atoms with Crippen LogP contribution in [-0.2, 0) is 19.1 Å². The van der Waals surface area contributed by atoms with Crippen LogP contribution in [-0.4, -0.2) is 38.7 Å². The van der Waals surface area contributed by atoms with Gasteiger partial charge in [-0.3, -0.25) is 9.59 Å². The number of rotatable bonds is 9. The third-order valence-electron chi connectivity index (χ3n) is 2.97. The van der Waals surface area contributed by atoms with E-state index in [1.54, 1.807) is 14.0 Å². The SMILES string of the molecule is CCOC(=O)C(C(=O)NCCCCCOC)C(C)(C)C. The molecule has 0 aliphatic heterocycles. The molecule has 0 aliphatic carbocycles. The molecule has 0 bridgehead atoms. The zero-order chi connectivity index (χ0) is 15.6. The van der Waals surface area contributed by atoms with Gasteiger partial charge in [0.05, 0.1) is 6.61 Å². The molecular formula is C15H29NO4. The maximum atomic E-state index is 12.2. The first-order valence-corrected chi connectivity index (χ1v) is 7.27. The maximum absolute atomic E-state index is 12.2. The van der Waals surface area contributed by atoms with Gasteiger partial charge in [-0.1, -0.05) is 20.8 Å². The van der Waals surface area contributed by atoms with Gasteiger partial charge in [-0.05, 0) is 31.6 Å². The fourth-order valence-electron chi connectivity index (χ4n) is 1.94. The van der Waals surface area contributed by atoms with Gasteiger partial charge in [0.15, 0.2) is 0 Å². The molecule has 0 fully saturated rings. The lowest BCUT2D eigenvalue weighted by molar-refractivity contribution is -0.156. The Morgan fingerprint density at radius 3 is 2.30 bits per heavy atom. The summed E-state index contributed by atoms with van der Waals surface area (Å²) in [5, 5.41) is 2.82. The third-order valence-corrected chi connectivity index (χ3v) is 2.97. The van der Waals surface area contributed by atoms with E-state index in [1.165, 1.54) is 0 Å². The molecule has 0 saturated carbocycles. The molecule has 118 valence electrons. The van der Waals surface area contributed by atoms with E-state index in [0.717, 1.165) is 25.9 Å². The summed E-state index contributed by atoms with van der Waals surface area (Å²) in [5.74, 6) is -1.46. The second-order valence-electron chi connectivity index (χ2n) is 5.90. The Hall–Kier alpha value is -1.10. The number of unbranched alkanes of at least 4 members (excludes halogenated alkanes) is 2. The Morgan fingerprint density at radius 2 is 1.80 bits per heavy atom. The lowest BCUT2D eigenvalue weighted by Gasteiger charge is -2.27. The third kappa shape index (κ3) is 7.48. The van der Waals surface area contributed by atoms with Gasteiger partial charge in [-0.15, -0.1) is 0 Å². The van der Waals surface area contributed by atoms with Crippen molar-refractivity contribution in [3.05, 3.63) is 0 Å². The van der Waals surface area contributed by atoms with E-state index in [0.29, 0.717) is 6.54 Å². The monoisotopic (exact) mass is 287 g/mol. The molecule has 1 N–H and O–H groups in total. The van der Waals surface area contributed by atoms with Crippen molar-refractivity contribution >= 4 is 11.9 Å². The molecule has 1 atom stereocenters. The van der Waals surface area contributed by atoms with E-state index in [-0.39, 0.29) is 12.5 Å². The van der Waals surface area contributed by atoms with Crippen molar-refractivity contribution in [3.8, 4) is 0 Å². The highest BCUT2D eigenvalue weighted by atomic mass is 16.5. The van der Waals surface area contributed by atoms with Crippen LogP contribution < -0.4 is 5.32 Å². The molecule has 0 aromatic heterocycles. The van der Waals surface area contributed by atoms with Crippen LogP contribution in [0.3, 0.4) is 0 Å². The topological polar surface area (TPSA) is 64.6 Å². The number of nitrogens with one attached hydrogen (secondary N) is 1. The van der Waals surface area contributed by atoms with Gasteiger partial charge in [0.2, 0.25) is 5.91 Å². The Balaban J connectivity index is 4.26. The number of methoxy groups -OCH3 is 1. The predicted molar refractivity (Wildman–Crippen MR) is 78.3 cm³/mol. The first-order valence-electron chi connectivity index (χ1n) is 7.27. The van der Waals surface area contributed by atoms with Gasteiger partial charge in [-0.2, -0.15) is 0 Å². The van der Waals surface area contributed by atoms with Crippen molar-refractivity contribution in [2.45, 2.75) is 47.0 Å². The molecular weight excluding hydrogens is 258 g/mol. The maximum Gasteiger partial charge on any atom is 0.319 e. The fraction of sp³-hybridized carbons (Fsp3) is 0.867. The van der Waals surface area contributed by atoms with Gasteiger partial charge in [0.1, 0.15) is 5.92 Å². The number of ether oxygens (including phenoxy) is 2. The highest BCUT2D eigenvalue weighted by Crippen LogP contribution is 2.27. The summed E-state index contributed by atoms with van der Waals surface area (Å²) in [6, 6.07) is 0.